The van der Waals surface area contributed by atoms with Crippen LogP contribution in [0.25, 0.3) is 10.8 Å². The van der Waals surface area contributed by atoms with E-state index in [4.69, 9.17) is 0 Å². The van der Waals surface area contributed by atoms with E-state index in [1.807, 2.05) is 31.2 Å². The van der Waals surface area contributed by atoms with Gasteiger partial charge in [0.1, 0.15) is 5.82 Å². The number of carbonyl (C=O) groups excluding carboxylic acids is 1. The fraction of sp³-hybridized carbons (Fsp3) is 0.133. The molecule has 0 saturated carbocycles. The third-order valence-corrected chi connectivity index (χ3v) is 3.11. The second-order valence-corrected chi connectivity index (χ2v) is 4.49. The van der Waals surface area contributed by atoms with Crippen LogP contribution < -0.4 is 10.6 Å². The average Bonchev–Trinajstić information content (AvgIpc) is 3.00. The van der Waals surface area contributed by atoms with Crippen molar-refractivity contribution in [2.24, 2.45) is 0 Å². The van der Waals surface area contributed by atoms with Crippen LogP contribution in [0, 0.1) is 0 Å². The van der Waals surface area contributed by atoms with Crippen LogP contribution in [-0.4, -0.2) is 27.4 Å². The van der Waals surface area contributed by atoms with Gasteiger partial charge in [-0.3, -0.25) is 10.1 Å². The summed E-state index contributed by atoms with van der Waals surface area (Å²) in [7, 11) is 0. The van der Waals surface area contributed by atoms with E-state index in [9.17, 15) is 4.79 Å². The van der Waals surface area contributed by atoms with E-state index in [1.165, 1.54) is 0 Å². The number of anilines is 2. The molecule has 1 amide bonds. The van der Waals surface area contributed by atoms with E-state index in [0.717, 1.165) is 23.1 Å². The van der Waals surface area contributed by atoms with Crippen molar-refractivity contribution in [3.8, 4) is 0 Å². The molecule has 6 nitrogen and oxygen atoms in total. The molecule has 6 heteroatoms. The van der Waals surface area contributed by atoms with Gasteiger partial charge in [0.2, 0.25) is 5.95 Å². The lowest BCUT2D eigenvalue weighted by atomic mass is 10.1. The van der Waals surface area contributed by atoms with Gasteiger partial charge in [-0.2, -0.15) is 0 Å². The molecule has 0 fully saturated rings. The summed E-state index contributed by atoms with van der Waals surface area (Å²) in [5, 5.41) is 7.69. The number of hydrogen-bond donors (Lipinski definition) is 3. The van der Waals surface area contributed by atoms with E-state index in [0.29, 0.717) is 11.5 Å². The Morgan fingerprint density at radius 2 is 2.05 bits per heavy atom. The minimum absolute atomic E-state index is 0.239. The highest BCUT2D eigenvalue weighted by molar-refractivity contribution is 6.13. The topological polar surface area (TPSA) is 82.7 Å². The molecule has 0 aliphatic carbocycles. The highest BCUT2D eigenvalue weighted by atomic mass is 16.1. The first kappa shape index (κ1) is 13.1. The molecule has 0 saturated heterocycles. The summed E-state index contributed by atoms with van der Waals surface area (Å²) < 4.78 is 0. The van der Waals surface area contributed by atoms with Crippen LogP contribution in [0.15, 0.2) is 42.9 Å². The summed E-state index contributed by atoms with van der Waals surface area (Å²) in [6, 6.07) is 7.69. The van der Waals surface area contributed by atoms with Crippen molar-refractivity contribution < 1.29 is 4.79 Å². The van der Waals surface area contributed by atoms with E-state index in [2.05, 4.69) is 25.6 Å². The van der Waals surface area contributed by atoms with Crippen LogP contribution in [0.3, 0.4) is 0 Å². The van der Waals surface area contributed by atoms with Gasteiger partial charge in [-0.1, -0.05) is 24.3 Å². The van der Waals surface area contributed by atoms with Crippen LogP contribution in [0.1, 0.15) is 17.3 Å². The van der Waals surface area contributed by atoms with E-state index < -0.39 is 0 Å². The number of amides is 1. The number of nitrogens with one attached hydrogen (secondary N) is 3. The van der Waals surface area contributed by atoms with Crippen LogP contribution in [0.4, 0.5) is 11.8 Å². The third kappa shape index (κ3) is 2.55. The second kappa shape index (κ2) is 5.62. The maximum Gasteiger partial charge on any atom is 0.260 e. The molecule has 2 aromatic heterocycles. The summed E-state index contributed by atoms with van der Waals surface area (Å²) >= 11 is 0. The first-order valence-corrected chi connectivity index (χ1v) is 6.72. The molecular formula is C15H15N5O. The molecule has 0 atom stereocenters. The molecule has 0 bridgehead atoms. The summed E-state index contributed by atoms with van der Waals surface area (Å²) in [5.74, 6) is 0.958. The molecule has 0 spiro atoms. The van der Waals surface area contributed by atoms with Gasteiger partial charge in [0.05, 0.1) is 5.56 Å². The van der Waals surface area contributed by atoms with Crippen molar-refractivity contribution in [2.75, 3.05) is 17.2 Å². The number of aromatic amines is 1. The quantitative estimate of drug-likeness (QED) is 0.686. The van der Waals surface area contributed by atoms with E-state index in [-0.39, 0.29) is 5.91 Å². The Balaban J connectivity index is 2.03. The molecule has 0 aliphatic heterocycles. The van der Waals surface area contributed by atoms with Crippen LogP contribution in [0.2, 0.25) is 0 Å². The first-order chi connectivity index (χ1) is 10.3. The number of hydrogen-bond acceptors (Lipinski definition) is 4. The molecule has 3 N–H and O–H groups in total. The molecule has 2 heterocycles. The minimum Gasteiger partial charge on any atom is -0.370 e. The maximum atomic E-state index is 12.4. The van der Waals surface area contributed by atoms with E-state index >= 15 is 0 Å². The molecule has 0 radical (unpaired) electrons. The van der Waals surface area contributed by atoms with Gasteiger partial charge in [-0.15, -0.1) is 0 Å². The third-order valence-electron chi connectivity index (χ3n) is 3.11. The monoisotopic (exact) mass is 281 g/mol. The minimum atomic E-state index is -0.239. The Labute approximate surface area is 121 Å². The Bertz CT molecular complexity index is 767. The smallest absolute Gasteiger partial charge is 0.260 e. The zero-order valence-corrected chi connectivity index (χ0v) is 11.6. The van der Waals surface area contributed by atoms with Crippen LogP contribution in [-0.2, 0) is 0 Å². The predicted octanol–water partition coefficient (Wildman–Crippen LogP) is 2.64. The molecule has 0 aliphatic rings. The fourth-order valence-corrected chi connectivity index (χ4v) is 2.19. The fourth-order valence-electron chi connectivity index (χ4n) is 2.19. The molecule has 1 aromatic carbocycles. The number of nitrogens with zero attached hydrogens (tertiary/aromatic N) is 2. The summed E-state index contributed by atoms with van der Waals surface area (Å²) in [6.45, 7) is 2.78. The van der Waals surface area contributed by atoms with Gasteiger partial charge in [0, 0.05) is 30.5 Å². The number of imidazole rings is 1. The highest BCUT2D eigenvalue weighted by Gasteiger charge is 2.14. The van der Waals surface area contributed by atoms with Gasteiger partial charge >= 0.3 is 0 Å². The van der Waals surface area contributed by atoms with Crippen molar-refractivity contribution in [1.82, 2.24) is 15.0 Å². The molecular weight excluding hydrogens is 266 g/mol. The summed E-state index contributed by atoms with van der Waals surface area (Å²) in [4.78, 5) is 23.5. The largest absolute Gasteiger partial charge is 0.370 e. The second-order valence-electron chi connectivity index (χ2n) is 4.49. The van der Waals surface area contributed by atoms with Gasteiger partial charge in [0.15, 0.2) is 0 Å². The Morgan fingerprint density at radius 1 is 1.24 bits per heavy atom. The van der Waals surface area contributed by atoms with Crippen molar-refractivity contribution in [3.63, 3.8) is 0 Å². The van der Waals surface area contributed by atoms with Crippen molar-refractivity contribution >= 4 is 28.4 Å². The Hall–Kier alpha value is -2.89. The summed E-state index contributed by atoms with van der Waals surface area (Å²) in [5.41, 5.74) is 0.517. The Morgan fingerprint density at radius 3 is 2.76 bits per heavy atom. The lowest BCUT2D eigenvalue weighted by Gasteiger charge is -2.10. The number of carbonyl (C=O) groups is 1. The van der Waals surface area contributed by atoms with Gasteiger partial charge in [0.25, 0.3) is 5.91 Å². The summed E-state index contributed by atoms with van der Waals surface area (Å²) in [6.07, 6.45) is 4.82. The lowest BCUT2D eigenvalue weighted by molar-refractivity contribution is 0.102. The lowest BCUT2D eigenvalue weighted by Crippen LogP contribution is -2.14. The van der Waals surface area contributed by atoms with E-state index in [1.54, 1.807) is 18.6 Å². The van der Waals surface area contributed by atoms with Gasteiger partial charge in [-0.25, -0.2) is 9.97 Å². The number of rotatable bonds is 4. The molecule has 106 valence electrons. The van der Waals surface area contributed by atoms with Gasteiger partial charge < -0.3 is 10.3 Å². The van der Waals surface area contributed by atoms with Crippen LogP contribution in [0.5, 0.6) is 0 Å². The van der Waals surface area contributed by atoms with Crippen molar-refractivity contribution in [3.05, 3.63) is 48.4 Å². The molecule has 0 unspecified atom stereocenters. The maximum absolute atomic E-state index is 12.4. The molecule has 21 heavy (non-hydrogen) atoms. The average molecular weight is 281 g/mol. The molecule has 3 rings (SSSR count). The number of H-pyrrole nitrogens is 1. The standard InChI is InChI=1S/C15H15N5O/c1-2-16-13-11-6-4-3-5-10(11)12(9-19-13)14(21)20-15-17-7-8-18-15/h3-9H,2H2,1H3,(H,16,19)(H2,17,18,20,21). The predicted molar refractivity (Wildman–Crippen MR) is 82.4 cm³/mol. The number of benzene rings is 1. The molecule has 3 aromatic rings. The zero-order chi connectivity index (χ0) is 14.7. The normalized spacial score (nSPS) is 10.5. The van der Waals surface area contributed by atoms with Crippen molar-refractivity contribution in [1.29, 1.82) is 0 Å². The number of fused-ring (bicyclic) bond motifs is 1. The van der Waals surface area contributed by atoms with Crippen LogP contribution >= 0.6 is 0 Å². The number of aromatic nitrogens is 3. The van der Waals surface area contributed by atoms with Gasteiger partial charge in [-0.05, 0) is 12.3 Å². The number of pyridine rings is 1. The SMILES string of the molecule is CCNc1ncc(C(=O)Nc2ncc[nH]2)c2ccccc12. The highest BCUT2D eigenvalue weighted by Crippen LogP contribution is 2.24. The zero-order valence-electron chi connectivity index (χ0n) is 11.6. The Kier molecular flexibility index (Phi) is 3.51. The first-order valence-electron chi connectivity index (χ1n) is 6.72. The van der Waals surface area contributed by atoms with Crippen molar-refractivity contribution in [2.45, 2.75) is 6.92 Å².